The molecule has 0 aromatic heterocycles. The molecular formula is C16H23NO6. The van der Waals surface area contributed by atoms with E-state index >= 15 is 0 Å². The van der Waals surface area contributed by atoms with E-state index in [9.17, 15) is 9.59 Å². The number of aliphatic carboxylic acids is 1. The Morgan fingerprint density at radius 1 is 1.09 bits per heavy atom. The fourth-order valence-electron chi connectivity index (χ4n) is 2.10. The SMILES string of the molecule is COCCCC(=O)N(CC(=O)O)Cc1cc(OC)cc(OC)c1. The lowest BCUT2D eigenvalue weighted by Crippen LogP contribution is -2.35. The van der Waals surface area contributed by atoms with Crippen molar-refractivity contribution in [2.24, 2.45) is 0 Å². The van der Waals surface area contributed by atoms with Crippen molar-refractivity contribution in [3.8, 4) is 11.5 Å². The number of carbonyl (C=O) groups is 2. The van der Waals surface area contributed by atoms with Crippen LogP contribution in [0.4, 0.5) is 0 Å². The van der Waals surface area contributed by atoms with Gasteiger partial charge in [-0.15, -0.1) is 0 Å². The average molecular weight is 325 g/mol. The molecule has 1 amide bonds. The topological polar surface area (TPSA) is 85.3 Å². The summed E-state index contributed by atoms with van der Waals surface area (Å²) in [6.07, 6.45) is 0.787. The van der Waals surface area contributed by atoms with E-state index in [0.717, 1.165) is 5.56 Å². The van der Waals surface area contributed by atoms with Gasteiger partial charge in [0.1, 0.15) is 18.0 Å². The summed E-state index contributed by atoms with van der Waals surface area (Å²) in [5, 5.41) is 9.02. The summed E-state index contributed by atoms with van der Waals surface area (Å²) in [5.74, 6) is -0.117. The van der Waals surface area contributed by atoms with Gasteiger partial charge in [-0.2, -0.15) is 0 Å². The van der Waals surface area contributed by atoms with Gasteiger partial charge in [-0.25, -0.2) is 0 Å². The molecule has 1 aromatic rings. The number of hydrogen-bond acceptors (Lipinski definition) is 5. The number of carboxylic acid groups (broad SMARTS) is 1. The molecule has 1 N–H and O–H groups in total. The quantitative estimate of drug-likeness (QED) is 0.657. The van der Waals surface area contributed by atoms with Gasteiger partial charge in [0.05, 0.1) is 14.2 Å². The third kappa shape index (κ3) is 6.56. The second-order valence-electron chi connectivity index (χ2n) is 4.96. The molecule has 0 saturated heterocycles. The van der Waals surface area contributed by atoms with Crippen LogP contribution in [0.25, 0.3) is 0 Å². The van der Waals surface area contributed by atoms with Gasteiger partial charge in [-0.3, -0.25) is 9.59 Å². The number of hydrogen-bond donors (Lipinski definition) is 1. The summed E-state index contributed by atoms with van der Waals surface area (Å²) < 4.78 is 15.3. The van der Waals surface area contributed by atoms with Gasteiger partial charge in [0.2, 0.25) is 5.91 Å². The predicted molar refractivity (Wildman–Crippen MR) is 83.7 cm³/mol. The Labute approximate surface area is 135 Å². The standard InChI is InChI=1S/C16H23NO6/c1-21-6-4-5-15(18)17(11-16(19)20)10-12-7-13(22-2)9-14(8-12)23-3/h7-9H,4-6,10-11H2,1-3H3,(H,19,20). The Balaban J connectivity index is 2.87. The summed E-state index contributed by atoms with van der Waals surface area (Å²) in [6.45, 7) is 0.274. The largest absolute Gasteiger partial charge is 0.497 e. The number of benzene rings is 1. The molecule has 0 aliphatic rings. The molecule has 1 rings (SSSR count). The van der Waals surface area contributed by atoms with Crippen LogP contribution >= 0.6 is 0 Å². The molecule has 7 nitrogen and oxygen atoms in total. The van der Waals surface area contributed by atoms with Crippen LogP contribution in [0.5, 0.6) is 11.5 Å². The first-order chi connectivity index (χ1) is 11.0. The Morgan fingerprint density at radius 2 is 1.70 bits per heavy atom. The summed E-state index contributed by atoms with van der Waals surface area (Å²) in [7, 11) is 4.62. The number of ether oxygens (including phenoxy) is 3. The first-order valence-electron chi connectivity index (χ1n) is 7.20. The number of nitrogens with zero attached hydrogens (tertiary/aromatic N) is 1. The van der Waals surface area contributed by atoms with Crippen LogP contribution in [0.15, 0.2) is 18.2 Å². The highest BCUT2D eigenvalue weighted by molar-refractivity contribution is 5.81. The molecule has 0 radical (unpaired) electrons. The van der Waals surface area contributed by atoms with Crippen molar-refractivity contribution < 1.29 is 28.9 Å². The van der Waals surface area contributed by atoms with E-state index in [1.807, 2.05) is 0 Å². The fraction of sp³-hybridized carbons (Fsp3) is 0.500. The van der Waals surface area contributed by atoms with Gasteiger partial charge in [0.25, 0.3) is 0 Å². The highest BCUT2D eigenvalue weighted by Gasteiger charge is 2.17. The van der Waals surface area contributed by atoms with E-state index in [0.29, 0.717) is 24.5 Å². The molecule has 0 heterocycles. The Bertz CT molecular complexity index is 509. The van der Waals surface area contributed by atoms with Crippen molar-refractivity contribution >= 4 is 11.9 Å². The van der Waals surface area contributed by atoms with Crippen LogP contribution in [0.2, 0.25) is 0 Å². The number of amides is 1. The van der Waals surface area contributed by atoms with Gasteiger partial charge in [0, 0.05) is 32.7 Å². The zero-order valence-corrected chi connectivity index (χ0v) is 13.7. The van der Waals surface area contributed by atoms with Gasteiger partial charge < -0.3 is 24.2 Å². The molecular weight excluding hydrogens is 302 g/mol. The smallest absolute Gasteiger partial charge is 0.323 e. The van der Waals surface area contributed by atoms with E-state index < -0.39 is 5.97 Å². The highest BCUT2D eigenvalue weighted by atomic mass is 16.5. The molecule has 0 saturated carbocycles. The maximum atomic E-state index is 12.2. The van der Waals surface area contributed by atoms with Crippen LogP contribution in [0, 0.1) is 0 Å². The molecule has 0 spiro atoms. The summed E-state index contributed by atoms with van der Waals surface area (Å²) in [6, 6.07) is 5.21. The van der Waals surface area contributed by atoms with Crippen LogP contribution in [-0.2, 0) is 20.9 Å². The molecule has 0 atom stereocenters. The number of rotatable bonds is 10. The summed E-state index contributed by atoms with van der Waals surface area (Å²) in [4.78, 5) is 24.5. The summed E-state index contributed by atoms with van der Waals surface area (Å²) >= 11 is 0. The van der Waals surface area contributed by atoms with Crippen molar-refractivity contribution in [1.29, 1.82) is 0 Å². The van der Waals surface area contributed by atoms with E-state index in [-0.39, 0.29) is 25.4 Å². The summed E-state index contributed by atoms with van der Waals surface area (Å²) in [5.41, 5.74) is 0.738. The van der Waals surface area contributed by atoms with Crippen molar-refractivity contribution in [3.63, 3.8) is 0 Å². The lowest BCUT2D eigenvalue weighted by molar-refractivity contribution is -0.145. The molecule has 0 fully saturated rings. The van der Waals surface area contributed by atoms with E-state index in [2.05, 4.69) is 0 Å². The first kappa shape index (κ1) is 18.8. The fourth-order valence-corrected chi connectivity index (χ4v) is 2.10. The second-order valence-corrected chi connectivity index (χ2v) is 4.96. The van der Waals surface area contributed by atoms with Gasteiger partial charge >= 0.3 is 5.97 Å². The maximum Gasteiger partial charge on any atom is 0.323 e. The van der Waals surface area contributed by atoms with Crippen molar-refractivity contribution in [2.75, 3.05) is 34.5 Å². The molecule has 7 heteroatoms. The highest BCUT2D eigenvalue weighted by Crippen LogP contribution is 2.23. The van der Waals surface area contributed by atoms with Crippen LogP contribution in [-0.4, -0.2) is 56.4 Å². The number of methoxy groups -OCH3 is 3. The van der Waals surface area contributed by atoms with Gasteiger partial charge in [-0.1, -0.05) is 0 Å². The van der Waals surface area contributed by atoms with Crippen LogP contribution in [0.1, 0.15) is 18.4 Å². The van der Waals surface area contributed by atoms with Crippen molar-refractivity contribution in [2.45, 2.75) is 19.4 Å². The van der Waals surface area contributed by atoms with E-state index in [1.165, 1.54) is 19.1 Å². The lowest BCUT2D eigenvalue weighted by Gasteiger charge is -2.21. The van der Waals surface area contributed by atoms with Gasteiger partial charge in [-0.05, 0) is 24.1 Å². The molecule has 128 valence electrons. The minimum Gasteiger partial charge on any atom is -0.497 e. The van der Waals surface area contributed by atoms with Crippen molar-refractivity contribution in [3.05, 3.63) is 23.8 Å². The molecule has 0 aliphatic heterocycles. The molecule has 0 bridgehead atoms. The third-order valence-corrected chi connectivity index (χ3v) is 3.20. The van der Waals surface area contributed by atoms with Gasteiger partial charge in [0.15, 0.2) is 0 Å². The Morgan fingerprint density at radius 3 is 2.17 bits per heavy atom. The Kier molecular flexibility index (Phi) is 7.90. The van der Waals surface area contributed by atoms with Crippen LogP contribution in [0.3, 0.4) is 0 Å². The molecule has 23 heavy (non-hydrogen) atoms. The van der Waals surface area contributed by atoms with E-state index in [1.54, 1.807) is 25.3 Å². The minimum atomic E-state index is -1.06. The zero-order valence-electron chi connectivity index (χ0n) is 13.7. The maximum absolute atomic E-state index is 12.2. The zero-order chi connectivity index (χ0) is 17.2. The normalized spacial score (nSPS) is 10.2. The lowest BCUT2D eigenvalue weighted by atomic mass is 10.1. The molecule has 0 aliphatic carbocycles. The second kappa shape index (κ2) is 9.68. The minimum absolute atomic E-state index is 0.172. The predicted octanol–water partition coefficient (Wildman–Crippen LogP) is 1.54. The number of carbonyl (C=O) groups excluding carboxylic acids is 1. The third-order valence-electron chi connectivity index (χ3n) is 3.20. The van der Waals surface area contributed by atoms with Crippen LogP contribution < -0.4 is 9.47 Å². The molecule has 0 unspecified atom stereocenters. The average Bonchev–Trinajstić information content (AvgIpc) is 2.53. The Hall–Kier alpha value is -2.28. The first-order valence-corrected chi connectivity index (χ1v) is 7.20. The monoisotopic (exact) mass is 325 g/mol. The number of carboxylic acids is 1. The van der Waals surface area contributed by atoms with E-state index in [4.69, 9.17) is 19.3 Å². The molecule has 1 aromatic carbocycles. The van der Waals surface area contributed by atoms with Crippen molar-refractivity contribution in [1.82, 2.24) is 4.90 Å².